The van der Waals surface area contributed by atoms with Gasteiger partial charge in [0.25, 0.3) is 0 Å². The van der Waals surface area contributed by atoms with Crippen LogP contribution in [0.25, 0.3) is 0 Å². The van der Waals surface area contributed by atoms with Gasteiger partial charge < -0.3 is 15.1 Å². The van der Waals surface area contributed by atoms with Crippen LogP contribution in [-0.4, -0.2) is 62.1 Å². The summed E-state index contributed by atoms with van der Waals surface area (Å²) in [4.78, 5) is 18.3. The first-order chi connectivity index (χ1) is 11.7. The van der Waals surface area contributed by atoms with Crippen molar-refractivity contribution >= 4 is 11.9 Å². The number of rotatable bonds is 6. The van der Waals surface area contributed by atoms with E-state index in [1.54, 1.807) is 19.0 Å². The second-order valence-electron chi connectivity index (χ2n) is 5.79. The molecule has 0 aliphatic heterocycles. The smallest absolute Gasteiger partial charge is 0.347 e. The van der Waals surface area contributed by atoms with Gasteiger partial charge in [-0.3, -0.25) is 9.79 Å². The van der Waals surface area contributed by atoms with Crippen LogP contribution in [0.1, 0.15) is 18.1 Å². The molecule has 8 heteroatoms. The predicted molar refractivity (Wildman–Crippen MR) is 92.3 cm³/mol. The average Bonchev–Trinajstić information content (AvgIpc) is 2.54. The number of carbonyl (C=O) groups is 1. The highest BCUT2D eigenvalue weighted by molar-refractivity contribution is 5.86. The Kier molecular flexibility index (Phi) is 7.73. The van der Waals surface area contributed by atoms with Gasteiger partial charge in [0.1, 0.15) is 6.54 Å². The Labute approximate surface area is 146 Å². The molecule has 0 saturated carbocycles. The maximum Gasteiger partial charge on any atom is 0.406 e. The Bertz CT molecular complexity index is 585. The number of nitrogens with zero attached hydrogens (tertiary/aromatic N) is 3. The van der Waals surface area contributed by atoms with Crippen molar-refractivity contribution in [1.29, 1.82) is 0 Å². The number of amides is 1. The quantitative estimate of drug-likeness (QED) is 0.627. The Hall–Kier alpha value is -2.25. The molecule has 0 atom stereocenters. The van der Waals surface area contributed by atoms with Gasteiger partial charge in [0.05, 0.1) is 6.54 Å². The first-order valence-corrected chi connectivity index (χ1v) is 7.96. The lowest BCUT2D eigenvalue weighted by Gasteiger charge is -2.24. The van der Waals surface area contributed by atoms with E-state index in [1.807, 2.05) is 12.1 Å². The van der Waals surface area contributed by atoms with E-state index >= 15 is 0 Å². The molecule has 0 fully saturated rings. The van der Waals surface area contributed by atoms with Gasteiger partial charge in [-0.25, -0.2) is 0 Å². The number of benzene rings is 1. The van der Waals surface area contributed by atoms with Gasteiger partial charge in [-0.1, -0.05) is 31.2 Å². The van der Waals surface area contributed by atoms with Crippen molar-refractivity contribution in [1.82, 2.24) is 15.1 Å². The van der Waals surface area contributed by atoms with E-state index in [1.165, 1.54) is 5.56 Å². The van der Waals surface area contributed by atoms with Gasteiger partial charge in [-0.15, -0.1) is 0 Å². The highest BCUT2D eigenvalue weighted by atomic mass is 19.4. The number of halogens is 3. The van der Waals surface area contributed by atoms with Crippen molar-refractivity contribution in [2.45, 2.75) is 26.1 Å². The van der Waals surface area contributed by atoms with Crippen LogP contribution in [-0.2, 0) is 17.8 Å². The fourth-order valence-corrected chi connectivity index (χ4v) is 2.26. The van der Waals surface area contributed by atoms with Gasteiger partial charge in [0.15, 0.2) is 5.96 Å². The third-order valence-electron chi connectivity index (χ3n) is 3.66. The van der Waals surface area contributed by atoms with Gasteiger partial charge in [0, 0.05) is 27.7 Å². The lowest BCUT2D eigenvalue weighted by atomic mass is 10.1. The summed E-state index contributed by atoms with van der Waals surface area (Å²) in [6, 6.07) is 8.14. The van der Waals surface area contributed by atoms with Crippen LogP contribution in [0.2, 0.25) is 0 Å². The third-order valence-corrected chi connectivity index (χ3v) is 3.66. The SMILES string of the molecule is CCc1ccc(CN(C)C(=NC)NCC(=O)N(C)CC(F)(F)F)cc1. The van der Waals surface area contributed by atoms with E-state index in [0.717, 1.165) is 19.0 Å². The molecule has 1 amide bonds. The van der Waals surface area contributed by atoms with Gasteiger partial charge in [-0.2, -0.15) is 13.2 Å². The molecule has 0 aliphatic rings. The number of hydrogen-bond acceptors (Lipinski definition) is 2. The molecule has 1 N–H and O–H groups in total. The Morgan fingerprint density at radius 1 is 1.12 bits per heavy atom. The molecular formula is C17H25F3N4O. The van der Waals surface area contributed by atoms with Crippen LogP contribution in [0.15, 0.2) is 29.3 Å². The molecule has 140 valence electrons. The van der Waals surface area contributed by atoms with Crippen molar-refractivity contribution in [2.24, 2.45) is 4.99 Å². The zero-order valence-corrected chi connectivity index (χ0v) is 15.0. The molecular weight excluding hydrogens is 333 g/mol. The van der Waals surface area contributed by atoms with E-state index in [2.05, 4.69) is 29.4 Å². The number of aryl methyl sites for hydroxylation is 1. The molecule has 0 bridgehead atoms. The van der Waals surface area contributed by atoms with Crippen molar-refractivity contribution in [3.63, 3.8) is 0 Å². The molecule has 1 aromatic rings. The van der Waals surface area contributed by atoms with E-state index < -0.39 is 18.6 Å². The molecule has 1 rings (SSSR count). The summed E-state index contributed by atoms with van der Waals surface area (Å²) in [5, 5.41) is 2.80. The maximum atomic E-state index is 12.3. The largest absolute Gasteiger partial charge is 0.406 e. The van der Waals surface area contributed by atoms with E-state index in [4.69, 9.17) is 0 Å². The summed E-state index contributed by atoms with van der Waals surface area (Å²) in [6.45, 7) is 1.13. The number of alkyl halides is 3. The Balaban J connectivity index is 2.56. The second-order valence-corrected chi connectivity index (χ2v) is 5.79. The Morgan fingerprint density at radius 3 is 2.16 bits per heavy atom. The minimum absolute atomic E-state index is 0.252. The highest BCUT2D eigenvalue weighted by Gasteiger charge is 2.31. The van der Waals surface area contributed by atoms with Crippen molar-refractivity contribution < 1.29 is 18.0 Å². The molecule has 0 radical (unpaired) electrons. The summed E-state index contributed by atoms with van der Waals surface area (Å²) in [7, 11) is 4.48. The summed E-state index contributed by atoms with van der Waals surface area (Å²) in [5.41, 5.74) is 2.32. The minimum atomic E-state index is -4.41. The van der Waals surface area contributed by atoms with Crippen LogP contribution in [0, 0.1) is 0 Å². The van der Waals surface area contributed by atoms with E-state index in [-0.39, 0.29) is 6.54 Å². The van der Waals surface area contributed by atoms with Crippen molar-refractivity contribution in [3.05, 3.63) is 35.4 Å². The van der Waals surface area contributed by atoms with Crippen LogP contribution in [0.4, 0.5) is 13.2 Å². The molecule has 0 saturated heterocycles. The van der Waals surface area contributed by atoms with Gasteiger partial charge in [-0.05, 0) is 17.5 Å². The second kappa shape index (κ2) is 9.29. The molecule has 0 aliphatic carbocycles. The molecule has 5 nitrogen and oxygen atoms in total. The van der Waals surface area contributed by atoms with Gasteiger partial charge in [0.2, 0.25) is 5.91 Å². The lowest BCUT2D eigenvalue weighted by Crippen LogP contribution is -2.45. The number of nitrogens with one attached hydrogen (secondary N) is 1. The zero-order valence-electron chi connectivity index (χ0n) is 15.0. The minimum Gasteiger partial charge on any atom is -0.347 e. The highest BCUT2D eigenvalue weighted by Crippen LogP contribution is 2.15. The number of guanidine groups is 1. The zero-order chi connectivity index (χ0) is 19.0. The van der Waals surface area contributed by atoms with Crippen LogP contribution in [0.3, 0.4) is 0 Å². The predicted octanol–water partition coefficient (Wildman–Crippen LogP) is 2.28. The standard InChI is InChI=1S/C17H25F3N4O/c1-5-13-6-8-14(9-7-13)11-23(3)16(21-2)22-10-15(25)24(4)12-17(18,19)20/h6-9H,5,10-12H2,1-4H3,(H,21,22). The molecule has 25 heavy (non-hydrogen) atoms. The molecule has 1 aromatic carbocycles. The fourth-order valence-electron chi connectivity index (χ4n) is 2.26. The number of likely N-dealkylation sites (N-methyl/N-ethyl adjacent to an activating group) is 1. The average molecular weight is 358 g/mol. The maximum absolute atomic E-state index is 12.3. The monoisotopic (exact) mass is 358 g/mol. The summed E-state index contributed by atoms with van der Waals surface area (Å²) in [5.74, 6) is -0.215. The van der Waals surface area contributed by atoms with Crippen LogP contribution in [0.5, 0.6) is 0 Å². The number of carbonyl (C=O) groups excluding carboxylic acids is 1. The summed E-state index contributed by atoms with van der Waals surface area (Å²) in [6.07, 6.45) is -3.44. The first-order valence-electron chi connectivity index (χ1n) is 7.96. The van der Waals surface area contributed by atoms with E-state index in [0.29, 0.717) is 17.4 Å². The third kappa shape index (κ3) is 7.45. The first kappa shape index (κ1) is 20.8. The lowest BCUT2D eigenvalue weighted by molar-refractivity contribution is -0.157. The van der Waals surface area contributed by atoms with Gasteiger partial charge >= 0.3 is 6.18 Å². The van der Waals surface area contributed by atoms with E-state index in [9.17, 15) is 18.0 Å². The number of hydrogen-bond donors (Lipinski definition) is 1. The summed E-state index contributed by atoms with van der Waals surface area (Å²) < 4.78 is 36.9. The number of aliphatic imine (C=N–C) groups is 1. The summed E-state index contributed by atoms with van der Waals surface area (Å²) >= 11 is 0. The fraction of sp³-hybridized carbons (Fsp3) is 0.529. The molecule has 0 aromatic heterocycles. The molecule has 0 spiro atoms. The van der Waals surface area contributed by atoms with Crippen LogP contribution < -0.4 is 5.32 Å². The van der Waals surface area contributed by atoms with Crippen molar-refractivity contribution in [2.75, 3.05) is 34.2 Å². The van der Waals surface area contributed by atoms with Crippen LogP contribution >= 0.6 is 0 Å². The normalized spacial score (nSPS) is 12.0. The van der Waals surface area contributed by atoms with Crippen molar-refractivity contribution in [3.8, 4) is 0 Å². The molecule has 0 unspecified atom stereocenters. The Morgan fingerprint density at radius 2 is 1.68 bits per heavy atom. The topological polar surface area (TPSA) is 47.9 Å². The molecule has 0 heterocycles.